The lowest BCUT2D eigenvalue weighted by atomic mass is 9.71. The van der Waals surface area contributed by atoms with Crippen LogP contribution in [0.5, 0.6) is 0 Å². The Hall–Kier alpha value is -2.80. The van der Waals surface area contributed by atoms with E-state index in [9.17, 15) is 36.0 Å². The van der Waals surface area contributed by atoms with Crippen LogP contribution in [-0.4, -0.2) is 74.4 Å². The van der Waals surface area contributed by atoms with E-state index in [0.717, 1.165) is 4.90 Å². The van der Waals surface area contributed by atoms with Gasteiger partial charge in [-0.2, -0.15) is 4.39 Å². The highest BCUT2D eigenvalue weighted by atomic mass is 35.5. The van der Waals surface area contributed by atoms with Gasteiger partial charge in [-0.3, -0.25) is 14.4 Å². The van der Waals surface area contributed by atoms with Crippen LogP contribution in [0.2, 0.25) is 5.02 Å². The number of benzene rings is 1. The number of sulfone groups is 1. The Balaban J connectivity index is 1.58. The number of alkyl halides is 2. The molecule has 3 aliphatic heterocycles. The summed E-state index contributed by atoms with van der Waals surface area (Å²) < 4.78 is 67.7. The Labute approximate surface area is 229 Å². The molecule has 39 heavy (non-hydrogen) atoms. The van der Waals surface area contributed by atoms with Gasteiger partial charge in [0.1, 0.15) is 6.04 Å². The van der Waals surface area contributed by atoms with Crippen molar-refractivity contribution in [3.8, 4) is 0 Å². The molecule has 3 N–H and O–H groups in total. The highest BCUT2D eigenvalue weighted by Gasteiger charge is 2.60. The maximum absolute atomic E-state index is 15.0. The summed E-state index contributed by atoms with van der Waals surface area (Å²) in [6, 6.07) is 2.84. The van der Waals surface area contributed by atoms with Crippen LogP contribution in [0.25, 0.3) is 0 Å². The zero-order valence-corrected chi connectivity index (χ0v) is 22.7. The minimum absolute atomic E-state index is 0.00446. The number of hydrogen-bond donors (Lipinski definition) is 3. The van der Waals surface area contributed by atoms with Crippen molar-refractivity contribution in [3.05, 3.63) is 40.5 Å². The lowest BCUT2D eigenvalue weighted by Gasteiger charge is -2.53. The fraction of sp³-hybridized carbons (Fsp3) is 0.560. The molecule has 4 fully saturated rings. The van der Waals surface area contributed by atoms with Crippen LogP contribution >= 0.6 is 11.6 Å². The summed E-state index contributed by atoms with van der Waals surface area (Å²) in [5, 5.41) is 6.88. The average Bonchev–Trinajstić information content (AvgIpc) is 3.25. The van der Waals surface area contributed by atoms with Gasteiger partial charge in [0.25, 0.3) is 5.92 Å². The second-order valence-electron chi connectivity index (χ2n) is 10.3. The molecule has 1 saturated carbocycles. The molecule has 14 heteroatoms. The van der Waals surface area contributed by atoms with E-state index in [1.54, 1.807) is 24.3 Å². The number of carbonyl (C=O) groups is 3. The van der Waals surface area contributed by atoms with Gasteiger partial charge in [0.2, 0.25) is 32.7 Å². The molecule has 2 bridgehead atoms. The van der Waals surface area contributed by atoms with Gasteiger partial charge < -0.3 is 20.9 Å². The third kappa shape index (κ3) is 6.68. The first kappa shape index (κ1) is 29.2. The Morgan fingerprint density at radius 3 is 2.64 bits per heavy atom. The van der Waals surface area contributed by atoms with Crippen molar-refractivity contribution in [2.75, 3.05) is 24.7 Å². The number of hydrogen-bond acceptors (Lipinski definition) is 6. The van der Waals surface area contributed by atoms with E-state index >= 15 is 0 Å². The van der Waals surface area contributed by atoms with Gasteiger partial charge in [-0.05, 0) is 50.0 Å². The Bertz CT molecular complexity index is 1280. The van der Waals surface area contributed by atoms with Gasteiger partial charge in [0, 0.05) is 41.9 Å². The molecule has 3 saturated heterocycles. The van der Waals surface area contributed by atoms with Gasteiger partial charge in [-0.15, -0.1) is 0 Å². The summed E-state index contributed by atoms with van der Waals surface area (Å²) in [4.78, 5) is 40.1. The first-order chi connectivity index (χ1) is 18.3. The number of carbonyl (C=O) groups excluding carboxylic acids is 3. The second kappa shape index (κ2) is 11.4. The first-order valence-electron chi connectivity index (χ1n) is 12.6. The zero-order chi connectivity index (χ0) is 28.5. The molecule has 1 aliphatic carbocycles. The highest BCUT2D eigenvalue weighted by Crippen LogP contribution is 2.49. The van der Waals surface area contributed by atoms with Crippen LogP contribution in [0.1, 0.15) is 32.1 Å². The summed E-state index contributed by atoms with van der Waals surface area (Å²) >= 11 is 5.97. The molecule has 0 aromatic heterocycles. The van der Waals surface area contributed by atoms with Gasteiger partial charge in [0.05, 0.1) is 18.5 Å². The maximum Gasteiger partial charge on any atom is 0.255 e. The van der Waals surface area contributed by atoms with E-state index in [2.05, 4.69) is 16.0 Å². The maximum atomic E-state index is 15.0. The monoisotopic (exact) mass is 590 g/mol. The molecule has 5 atom stereocenters. The van der Waals surface area contributed by atoms with Crippen molar-refractivity contribution < 1.29 is 36.0 Å². The lowest BCUT2D eigenvalue weighted by Crippen LogP contribution is -2.69. The first-order valence-corrected chi connectivity index (χ1v) is 14.9. The van der Waals surface area contributed by atoms with Gasteiger partial charge >= 0.3 is 0 Å². The van der Waals surface area contributed by atoms with Crippen LogP contribution in [0.3, 0.4) is 0 Å². The van der Waals surface area contributed by atoms with E-state index in [-0.39, 0.29) is 25.3 Å². The molecule has 1 aromatic carbocycles. The molecular weight excluding hydrogens is 561 g/mol. The number of amides is 3. The predicted octanol–water partition coefficient (Wildman–Crippen LogP) is 2.63. The highest BCUT2D eigenvalue weighted by molar-refractivity contribution is 7.94. The third-order valence-electron chi connectivity index (χ3n) is 7.48. The summed E-state index contributed by atoms with van der Waals surface area (Å²) in [7, 11) is -4.25. The van der Waals surface area contributed by atoms with E-state index < -0.39 is 69.1 Å². The summed E-state index contributed by atoms with van der Waals surface area (Å²) in [6.07, 6.45) is 1.27. The quantitative estimate of drug-likeness (QED) is 0.406. The summed E-state index contributed by atoms with van der Waals surface area (Å²) in [5.74, 6) is -7.20. The van der Waals surface area contributed by atoms with Gasteiger partial charge in [-0.25, -0.2) is 17.2 Å². The number of nitrogens with zero attached hydrogens (tertiary/aromatic N) is 1. The fourth-order valence-electron chi connectivity index (χ4n) is 5.63. The Morgan fingerprint density at radius 1 is 1.28 bits per heavy atom. The molecule has 3 amide bonds. The Morgan fingerprint density at radius 2 is 2.03 bits per heavy atom. The van der Waals surface area contributed by atoms with E-state index in [0.29, 0.717) is 42.4 Å². The van der Waals surface area contributed by atoms with Crippen LogP contribution in [0, 0.1) is 11.8 Å². The second-order valence-corrected chi connectivity index (χ2v) is 12.7. The molecular formula is C25H30ClF3N4O5S. The third-order valence-corrected chi connectivity index (χ3v) is 8.56. The number of rotatable bonds is 9. The molecule has 0 unspecified atom stereocenters. The number of piperidine rings is 2. The molecule has 0 radical (unpaired) electrons. The number of fused-ring (bicyclic) bond motifs is 3. The van der Waals surface area contributed by atoms with Gasteiger partial charge in [-0.1, -0.05) is 17.7 Å². The van der Waals surface area contributed by atoms with E-state index in [1.165, 1.54) is 0 Å². The standard InChI is InChI=1S/C25H30ClF3N4O5S/c1-39(37,38)20(27)11-17(9-14-7-8-30-23(14)35)32-24(36)22-19-6-5-18(12-25(19,28)29)33(22)21(34)13-31-16-4-2-3-15(26)10-16/h2-4,10-11,14,17-19,22,31H,5-9,12-13H2,1H3,(H,30,35)(H,32,36)/b20-11-/t14-,17+,18-,19-,22-/m0/s1. The molecule has 4 aliphatic rings. The topological polar surface area (TPSA) is 125 Å². The summed E-state index contributed by atoms with van der Waals surface area (Å²) in [6.45, 7) is 0.0795. The van der Waals surface area contributed by atoms with Crippen molar-refractivity contribution in [1.82, 2.24) is 15.5 Å². The van der Waals surface area contributed by atoms with E-state index in [4.69, 9.17) is 11.6 Å². The fourth-order valence-corrected chi connectivity index (χ4v) is 6.23. The Kier molecular flexibility index (Phi) is 8.50. The van der Waals surface area contributed by atoms with E-state index in [1.807, 2.05) is 0 Å². The minimum Gasteiger partial charge on any atom is -0.376 e. The average molecular weight is 591 g/mol. The van der Waals surface area contributed by atoms with Gasteiger partial charge in [0.15, 0.2) is 0 Å². The van der Waals surface area contributed by atoms with Crippen LogP contribution < -0.4 is 16.0 Å². The summed E-state index contributed by atoms with van der Waals surface area (Å²) in [5.41, 5.74) is 0.528. The molecule has 1 aromatic rings. The molecule has 0 spiro atoms. The lowest BCUT2D eigenvalue weighted by molar-refractivity contribution is -0.193. The smallest absolute Gasteiger partial charge is 0.255 e. The predicted molar refractivity (Wildman–Crippen MR) is 138 cm³/mol. The number of nitrogens with one attached hydrogen (secondary N) is 3. The minimum atomic E-state index is -4.25. The zero-order valence-electron chi connectivity index (χ0n) is 21.1. The van der Waals surface area contributed by atoms with Crippen molar-refractivity contribution >= 4 is 44.8 Å². The largest absolute Gasteiger partial charge is 0.376 e. The molecule has 3 heterocycles. The normalized spacial score (nSPS) is 27.2. The van der Waals surface area contributed by atoms with Crippen LogP contribution in [-0.2, 0) is 24.2 Å². The van der Waals surface area contributed by atoms with Crippen molar-refractivity contribution in [3.63, 3.8) is 0 Å². The molecule has 214 valence electrons. The van der Waals surface area contributed by atoms with Crippen molar-refractivity contribution in [2.24, 2.45) is 11.8 Å². The van der Waals surface area contributed by atoms with Crippen molar-refractivity contribution in [1.29, 1.82) is 0 Å². The van der Waals surface area contributed by atoms with Crippen LogP contribution in [0.15, 0.2) is 35.5 Å². The van der Waals surface area contributed by atoms with Crippen LogP contribution in [0.4, 0.5) is 18.9 Å². The number of halogens is 4. The SMILES string of the molecule is CS(=O)(=O)/C(F)=C\[C@@H](C[C@@H]1CCNC1=O)NC(=O)[C@@H]1[C@@H]2CC[C@@H](CC2(F)F)N1C(=O)CNc1cccc(Cl)c1. The number of anilines is 1. The van der Waals surface area contributed by atoms with Crippen molar-refractivity contribution in [2.45, 2.75) is 56.2 Å². The molecule has 5 rings (SSSR count). The molecule has 9 nitrogen and oxygen atoms in total.